The standard InChI is InChI=1S/C24H23ClN4O3/c25-20-14-17(8-9-18(20)19(15-26)16-6-2-1-3-7-16)27-21(30)10-13-29-22(31)24(28-23(29)32)11-4-5-12-24/h1-3,6-9,14,19H,4-5,10-13H2,(H,27,30)(H,28,32). The summed E-state index contributed by atoms with van der Waals surface area (Å²) in [6.07, 6.45) is 3.11. The summed E-state index contributed by atoms with van der Waals surface area (Å²) in [6.45, 7) is 0.0224. The first-order valence-electron chi connectivity index (χ1n) is 10.6. The van der Waals surface area contributed by atoms with Crippen molar-refractivity contribution >= 4 is 35.1 Å². The second-order valence-corrected chi connectivity index (χ2v) is 8.59. The van der Waals surface area contributed by atoms with Crippen molar-refractivity contribution in [3.8, 4) is 6.07 Å². The van der Waals surface area contributed by atoms with Crippen LogP contribution in [-0.4, -0.2) is 34.8 Å². The van der Waals surface area contributed by atoms with Crippen LogP contribution in [0.2, 0.25) is 5.02 Å². The van der Waals surface area contributed by atoms with Gasteiger partial charge in [0.2, 0.25) is 5.91 Å². The lowest BCUT2D eigenvalue weighted by molar-refractivity contribution is -0.131. The molecule has 0 aromatic heterocycles. The molecular weight excluding hydrogens is 428 g/mol. The Kier molecular flexibility index (Phi) is 6.15. The summed E-state index contributed by atoms with van der Waals surface area (Å²) in [4.78, 5) is 38.5. The van der Waals surface area contributed by atoms with Crippen LogP contribution in [-0.2, 0) is 9.59 Å². The quantitative estimate of drug-likeness (QED) is 0.644. The molecule has 164 valence electrons. The van der Waals surface area contributed by atoms with E-state index in [-0.39, 0.29) is 24.8 Å². The monoisotopic (exact) mass is 450 g/mol. The normalized spacial score (nSPS) is 17.8. The molecule has 1 aliphatic carbocycles. The molecule has 4 amide bonds. The number of nitrogens with one attached hydrogen (secondary N) is 2. The number of hydrogen-bond donors (Lipinski definition) is 2. The first-order chi connectivity index (χ1) is 15.4. The van der Waals surface area contributed by atoms with Gasteiger partial charge in [-0.15, -0.1) is 0 Å². The van der Waals surface area contributed by atoms with Gasteiger partial charge in [-0.25, -0.2) is 4.79 Å². The molecule has 2 N–H and O–H groups in total. The molecule has 1 saturated heterocycles. The Morgan fingerprint density at radius 2 is 1.91 bits per heavy atom. The second-order valence-electron chi connectivity index (χ2n) is 8.18. The van der Waals surface area contributed by atoms with Gasteiger partial charge >= 0.3 is 6.03 Å². The molecule has 8 heteroatoms. The van der Waals surface area contributed by atoms with Crippen LogP contribution in [0.5, 0.6) is 0 Å². The zero-order valence-corrected chi connectivity index (χ0v) is 18.2. The number of imide groups is 1. The minimum Gasteiger partial charge on any atom is -0.326 e. The van der Waals surface area contributed by atoms with Crippen molar-refractivity contribution in [1.82, 2.24) is 10.2 Å². The summed E-state index contributed by atoms with van der Waals surface area (Å²) >= 11 is 6.42. The van der Waals surface area contributed by atoms with Gasteiger partial charge in [0.05, 0.1) is 12.0 Å². The van der Waals surface area contributed by atoms with Crippen LogP contribution >= 0.6 is 11.6 Å². The van der Waals surface area contributed by atoms with Crippen LogP contribution in [0, 0.1) is 11.3 Å². The topological polar surface area (TPSA) is 102 Å². The lowest BCUT2D eigenvalue weighted by Crippen LogP contribution is -2.44. The van der Waals surface area contributed by atoms with Crippen molar-refractivity contribution in [3.05, 3.63) is 64.7 Å². The van der Waals surface area contributed by atoms with E-state index in [0.29, 0.717) is 29.1 Å². The van der Waals surface area contributed by atoms with Gasteiger partial charge in [-0.3, -0.25) is 14.5 Å². The Hall–Kier alpha value is -3.37. The Morgan fingerprint density at radius 1 is 1.19 bits per heavy atom. The summed E-state index contributed by atoms with van der Waals surface area (Å²) < 4.78 is 0. The smallest absolute Gasteiger partial charge is 0.325 e. The van der Waals surface area contributed by atoms with Crippen molar-refractivity contribution in [1.29, 1.82) is 5.26 Å². The van der Waals surface area contributed by atoms with Crippen molar-refractivity contribution in [2.24, 2.45) is 0 Å². The van der Waals surface area contributed by atoms with Crippen molar-refractivity contribution in [2.75, 3.05) is 11.9 Å². The first kappa shape index (κ1) is 21.8. The number of carbonyl (C=O) groups excluding carboxylic acids is 3. The molecule has 7 nitrogen and oxygen atoms in total. The number of urea groups is 1. The number of carbonyl (C=O) groups is 3. The third-order valence-corrected chi connectivity index (χ3v) is 6.45. The first-order valence-corrected chi connectivity index (χ1v) is 11.0. The van der Waals surface area contributed by atoms with Crippen molar-refractivity contribution in [2.45, 2.75) is 43.6 Å². The van der Waals surface area contributed by atoms with E-state index in [1.807, 2.05) is 30.3 Å². The number of halogens is 1. The molecule has 0 radical (unpaired) electrons. The summed E-state index contributed by atoms with van der Waals surface area (Å²) in [5, 5.41) is 15.5. The lowest BCUT2D eigenvalue weighted by Gasteiger charge is -2.20. The third kappa shape index (κ3) is 4.19. The highest BCUT2D eigenvalue weighted by Gasteiger charge is 2.52. The van der Waals surface area contributed by atoms with Gasteiger partial charge in [0, 0.05) is 23.7 Å². The van der Waals surface area contributed by atoms with E-state index in [4.69, 9.17) is 11.6 Å². The molecule has 32 heavy (non-hydrogen) atoms. The zero-order chi connectivity index (χ0) is 22.7. The number of amides is 4. The molecule has 1 saturated carbocycles. The fraction of sp³-hybridized carbons (Fsp3) is 0.333. The fourth-order valence-corrected chi connectivity index (χ4v) is 4.73. The number of nitrogens with zero attached hydrogens (tertiary/aromatic N) is 2. The van der Waals surface area contributed by atoms with Crippen LogP contribution in [0.3, 0.4) is 0 Å². The summed E-state index contributed by atoms with van der Waals surface area (Å²) in [5.41, 5.74) is 1.20. The fourth-order valence-electron chi connectivity index (χ4n) is 4.44. The van der Waals surface area contributed by atoms with E-state index >= 15 is 0 Å². The molecule has 1 atom stereocenters. The van der Waals surface area contributed by atoms with Gasteiger partial charge < -0.3 is 10.6 Å². The van der Waals surface area contributed by atoms with Gasteiger partial charge in [0.1, 0.15) is 5.54 Å². The largest absolute Gasteiger partial charge is 0.326 e. The highest BCUT2D eigenvalue weighted by Crippen LogP contribution is 2.35. The maximum absolute atomic E-state index is 12.7. The predicted octanol–water partition coefficient (Wildman–Crippen LogP) is 4.19. The van der Waals surface area contributed by atoms with E-state index in [2.05, 4.69) is 16.7 Å². The molecule has 2 fully saturated rings. The molecule has 1 spiro atoms. The minimum atomic E-state index is -0.771. The van der Waals surface area contributed by atoms with E-state index in [1.54, 1.807) is 18.2 Å². The lowest BCUT2D eigenvalue weighted by atomic mass is 9.92. The van der Waals surface area contributed by atoms with E-state index in [0.717, 1.165) is 23.3 Å². The Balaban J connectivity index is 1.38. The number of hydrogen-bond acceptors (Lipinski definition) is 4. The molecule has 0 bridgehead atoms. The Bertz CT molecular complexity index is 1090. The minimum absolute atomic E-state index is 0.0144. The van der Waals surface area contributed by atoms with Crippen LogP contribution < -0.4 is 10.6 Å². The van der Waals surface area contributed by atoms with Gasteiger partial charge in [0.25, 0.3) is 5.91 Å². The summed E-state index contributed by atoms with van der Waals surface area (Å²) in [7, 11) is 0. The summed E-state index contributed by atoms with van der Waals surface area (Å²) in [6, 6.07) is 16.2. The van der Waals surface area contributed by atoms with Crippen LogP contribution in [0.4, 0.5) is 10.5 Å². The zero-order valence-electron chi connectivity index (χ0n) is 17.4. The number of rotatable bonds is 6. The maximum Gasteiger partial charge on any atom is 0.325 e. The molecule has 2 aliphatic rings. The van der Waals surface area contributed by atoms with Gasteiger partial charge in [0.15, 0.2) is 0 Å². The van der Waals surface area contributed by atoms with E-state index in [9.17, 15) is 19.6 Å². The molecule has 2 aromatic carbocycles. The number of benzene rings is 2. The second kappa shape index (κ2) is 9.01. The van der Waals surface area contributed by atoms with Crippen LogP contribution in [0.15, 0.2) is 48.5 Å². The van der Waals surface area contributed by atoms with Crippen LogP contribution in [0.25, 0.3) is 0 Å². The van der Waals surface area contributed by atoms with Crippen LogP contribution in [0.1, 0.15) is 49.1 Å². The summed E-state index contributed by atoms with van der Waals surface area (Å²) in [5.74, 6) is -1.08. The highest BCUT2D eigenvalue weighted by atomic mass is 35.5. The van der Waals surface area contributed by atoms with Crippen molar-refractivity contribution in [3.63, 3.8) is 0 Å². The SMILES string of the molecule is N#CC(c1ccccc1)c1ccc(NC(=O)CCN2C(=O)NC3(CCCC3)C2=O)cc1Cl. The predicted molar refractivity (Wildman–Crippen MR) is 120 cm³/mol. The Labute approximate surface area is 191 Å². The Morgan fingerprint density at radius 3 is 2.56 bits per heavy atom. The highest BCUT2D eigenvalue weighted by molar-refractivity contribution is 6.31. The number of anilines is 1. The molecule has 4 rings (SSSR count). The molecule has 2 aromatic rings. The maximum atomic E-state index is 12.7. The van der Waals surface area contributed by atoms with Gasteiger partial charge in [-0.1, -0.05) is 60.8 Å². The van der Waals surface area contributed by atoms with Gasteiger partial charge in [-0.05, 0) is 36.1 Å². The molecule has 1 heterocycles. The van der Waals surface area contributed by atoms with Gasteiger partial charge in [-0.2, -0.15) is 5.26 Å². The van der Waals surface area contributed by atoms with E-state index < -0.39 is 17.5 Å². The molecular formula is C24H23ClN4O3. The van der Waals surface area contributed by atoms with E-state index in [1.165, 1.54) is 0 Å². The average molecular weight is 451 g/mol. The number of nitriles is 1. The third-order valence-electron chi connectivity index (χ3n) is 6.12. The molecule has 1 unspecified atom stereocenters. The molecule has 1 aliphatic heterocycles. The average Bonchev–Trinajstić information content (AvgIpc) is 3.34. The van der Waals surface area contributed by atoms with Crippen molar-refractivity contribution < 1.29 is 14.4 Å².